The molecule has 0 aliphatic carbocycles. The van der Waals surface area contributed by atoms with E-state index in [0.717, 1.165) is 0 Å². The summed E-state index contributed by atoms with van der Waals surface area (Å²) < 4.78 is 10.8. The molecule has 0 radical (unpaired) electrons. The third-order valence-electron chi connectivity index (χ3n) is 5.13. The number of hydrogen-bond acceptors (Lipinski definition) is 6. The molecule has 0 spiro atoms. The lowest BCUT2D eigenvalue weighted by molar-refractivity contribution is -0.132. The summed E-state index contributed by atoms with van der Waals surface area (Å²) >= 11 is 0. The van der Waals surface area contributed by atoms with Gasteiger partial charge in [0.2, 0.25) is 6.79 Å². The van der Waals surface area contributed by atoms with Crippen LogP contribution in [0.5, 0.6) is 11.5 Å². The van der Waals surface area contributed by atoms with E-state index in [1.54, 1.807) is 66.9 Å². The number of aliphatic hydroxyl groups excluding tert-OH is 1. The summed E-state index contributed by atoms with van der Waals surface area (Å²) in [5, 5.41) is 11.0. The number of carbonyl (C=O) groups excluding carboxylic acids is 2. The van der Waals surface area contributed by atoms with E-state index in [0.29, 0.717) is 28.3 Å². The monoisotopic (exact) mass is 400 g/mol. The molecule has 1 saturated heterocycles. The topological polar surface area (TPSA) is 89.0 Å². The number of carbonyl (C=O) groups is 2. The molecule has 0 saturated carbocycles. The van der Waals surface area contributed by atoms with Gasteiger partial charge in [-0.05, 0) is 29.8 Å². The Morgan fingerprint density at radius 1 is 1.00 bits per heavy atom. The zero-order valence-corrected chi connectivity index (χ0v) is 15.7. The van der Waals surface area contributed by atoms with E-state index in [-0.39, 0.29) is 18.1 Å². The molecule has 3 aromatic rings. The number of nitrogens with zero attached hydrogens (tertiary/aromatic N) is 2. The lowest BCUT2D eigenvalue weighted by Gasteiger charge is -2.25. The van der Waals surface area contributed by atoms with Crippen LogP contribution in [0.4, 0.5) is 5.69 Å². The smallest absolute Gasteiger partial charge is 0.300 e. The summed E-state index contributed by atoms with van der Waals surface area (Å²) in [6.45, 7) is 0.103. The zero-order chi connectivity index (χ0) is 20.7. The molecule has 0 bridgehead atoms. The Morgan fingerprint density at radius 3 is 2.57 bits per heavy atom. The number of ether oxygens (including phenoxy) is 2. The molecule has 1 amide bonds. The second-order valence-electron chi connectivity index (χ2n) is 6.86. The first kappa shape index (κ1) is 17.9. The summed E-state index contributed by atoms with van der Waals surface area (Å²) in [5.74, 6) is -0.627. The number of anilines is 1. The van der Waals surface area contributed by atoms with Crippen molar-refractivity contribution in [2.75, 3.05) is 11.7 Å². The number of amides is 1. The van der Waals surface area contributed by atoms with Crippen molar-refractivity contribution in [3.8, 4) is 11.5 Å². The third kappa shape index (κ3) is 2.79. The molecule has 1 fully saturated rings. The molecule has 0 unspecified atom stereocenters. The predicted octanol–water partition coefficient (Wildman–Crippen LogP) is 3.44. The molecular weight excluding hydrogens is 384 g/mol. The van der Waals surface area contributed by atoms with Crippen LogP contribution in [0.1, 0.15) is 17.2 Å². The summed E-state index contributed by atoms with van der Waals surface area (Å²) in [6.07, 6.45) is 3.09. The van der Waals surface area contributed by atoms with Crippen molar-refractivity contribution in [2.45, 2.75) is 6.04 Å². The first-order chi connectivity index (χ1) is 14.6. The second kappa shape index (κ2) is 7.04. The fourth-order valence-corrected chi connectivity index (χ4v) is 3.75. The number of benzene rings is 2. The third-order valence-corrected chi connectivity index (χ3v) is 5.13. The van der Waals surface area contributed by atoms with Crippen LogP contribution >= 0.6 is 0 Å². The van der Waals surface area contributed by atoms with Crippen LogP contribution in [0.25, 0.3) is 5.76 Å². The molecule has 7 nitrogen and oxygen atoms in total. The van der Waals surface area contributed by atoms with E-state index in [4.69, 9.17) is 9.47 Å². The van der Waals surface area contributed by atoms with E-state index < -0.39 is 17.7 Å². The number of aliphatic hydroxyl groups is 1. The van der Waals surface area contributed by atoms with Crippen molar-refractivity contribution in [1.29, 1.82) is 0 Å². The molecule has 7 heteroatoms. The van der Waals surface area contributed by atoms with Gasteiger partial charge < -0.3 is 14.6 Å². The van der Waals surface area contributed by atoms with Gasteiger partial charge in [0.05, 0.1) is 23.5 Å². The van der Waals surface area contributed by atoms with Crippen molar-refractivity contribution in [2.24, 2.45) is 0 Å². The molecule has 148 valence electrons. The van der Waals surface area contributed by atoms with Crippen LogP contribution in [-0.4, -0.2) is 28.6 Å². The van der Waals surface area contributed by atoms with Gasteiger partial charge in [-0.1, -0.05) is 36.4 Å². The van der Waals surface area contributed by atoms with Gasteiger partial charge in [0.1, 0.15) is 5.76 Å². The highest BCUT2D eigenvalue weighted by Gasteiger charge is 2.47. The SMILES string of the molecule is O=C1C(=O)N(c2cccnc2)[C@@H](c2ccc3c(c2)OCO3)C1=C(O)c1ccccc1. The summed E-state index contributed by atoms with van der Waals surface area (Å²) in [7, 11) is 0. The minimum atomic E-state index is -0.844. The Bertz CT molecular complexity index is 1170. The van der Waals surface area contributed by atoms with E-state index in [1.165, 1.54) is 11.1 Å². The minimum absolute atomic E-state index is 0.00826. The van der Waals surface area contributed by atoms with Crippen molar-refractivity contribution in [1.82, 2.24) is 4.98 Å². The lowest BCUT2D eigenvalue weighted by Crippen LogP contribution is -2.29. The van der Waals surface area contributed by atoms with Crippen molar-refractivity contribution in [3.05, 3.63) is 89.8 Å². The van der Waals surface area contributed by atoms with E-state index in [9.17, 15) is 14.7 Å². The first-order valence-corrected chi connectivity index (χ1v) is 9.31. The highest BCUT2D eigenvalue weighted by Crippen LogP contribution is 2.44. The lowest BCUT2D eigenvalue weighted by atomic mass is 9.95. The molecule has 1 atom stereocenters. The molecule has 1 N–H and O–H groups in total. The molecule has 2 aliphatic rings. The average Bonchev–Trinajstić information content (AvgIpc) is 3.36. The molecule has 1 aromatic heterocycles. The number of fused-ring (bicyclic) bond motifs is 1. The Balaban J connectivity index is 1.73. The molecule has 30 heavy (non-hydrogen) atoms. The van der Waals surface area contributed by atoms with Crippen molar-refractivity contribution in [3.63, 3.8) is 0 Å². The number of Topliss-reactive ketones (excluding diaryl/α,β-unsaturated/α-hetero) is 1. The Kier molecular flexibility index (Phi) is 4.21. The fraction of sp³-hybridized carbons (Fsp3) is 0.0870. The molecule has 2 aromatic carbocycles. The Hall–Kier alpha value is -4.13. The predicted molar refractivity (Wildman–Crippen MR) is 108 cm³/mol. The normalized spacial score (nSPS) is 19.3. The van der Waals surface area contributed by atoms with Gasteiger partial charge in [-0.25, -0.2) is 0 Å². The highest BCUT2D eigenvalue weighted by molar-refractivity contribution is 6.51. The standard InChI is InChI=1S/C23H16N2O5/c26-21(14-5-2-1-3-6-14)19-20(15-8-9-17-18(11-15)30-13-29-17)25(23(28)22(19)27)16-7-4-10-24-12-16/h1-12,20,26H,13H2/t20-/m0/s1. The molecule has 3 heterocycles. The number of rotatable bonds is 3. The highest BCUT2D eigenvalue weighted by atomic mass is 16.7. The Labute approximate surface area is 171 Å². The van der Waals surface area contributed by atoms with Gasteiger partial charge >= 0.3 is 0 Å². The number of ketones is 1. The van der Waals surface area contributed by atoms with E-state index >= 15 is 0 Å². The van der Waals surface area contributed by atoms with E-state index in [1.807, 2.05) is 0 Å². The van der Waals surface area contributed by atoms with Gasteiger partial charge in [0, 0.05) is 11.8 Å². The van der Waals surface area contributed by atoms with Crippen LogP contribution in [0.2, 0.25) is 0 Å². The Morgan fingerprint density at radius 2 is 1.80 bits per heavy atom. The maximum absolute atomic E-state index is 13.0. The van der Waals surface area contributed by atoms with Gasteiger partial charge in [-0.2, -0.15) is 0 Å². The van der Waals surface area contributed by atoms with Crippen LogP contribution in [-0.2, 0) is 9.59 Å². The summed E-state index contributed by atoms with van der Waals surface area (Å²) in [5.41, 5.74) is 1.52. The van der Waals surface area contributed by atoms with Crippen LogP contribution in [0.15, 0.2) is 78.6 Å². The van der Waals surface area contributed by atoms with Crippen LogP contribution < -0.4 is 14.4 Å². The number of hydrogen-bond donors (Lipinski definition) is 1. The molecular formula is C23H16N2O5. The summed E-state index contributed by atoms with van der Waals surface area (Å²) in [6, 6.07) is 16.4. The van der Waals surface area contributed by atoms with Crippen LogP contribution in [0.3, 0.4) is 0 Å². The maximum Gasteiger partial charge on any atom is 0.300 e. The van der Waals surface area contributed by atoms with Crippen molar-refractivity contribution >= 4 is 23.1 Å². The molecule has 5 rings (SSSR count). The number of pyridine rings is 1. The van der Waals surface area contributed by atoms with Gasteiger partial charge in [-0.3, -0.25) is 19.5 Å². The summed E-state index contributed by atoms with van der Waals surface area (Å²) in [4.78, 5) is 31.5. The largest absolute Gasteiger partial charge is 0.507 e. The second-order valence-corrected chi connectivity index (χ2v) is 6.86. The van der Waals surface area contributed by atoms with Gasteiger partial charge in [0.25, 0.3) is 11.7 Å². The van der Waals surface area contributed by atoms with E-state index in [2.05, 4.69) is 4.98 Å². The van der Waals surface area contributed by atoms with Crippen molar-refractivity contribution < 1.29 is 24.2 Å². The van der Waals surface area contributed by atoms with Gasteiger partial charge in [-0.15, -0.1) is 0 Å². The minimum Gasteiger partial charge on any atom is -0.507 e. The zero-order valence-electron chi connectivity index (χ0n) is 15.7. The maximum atomic E-state index is 13.0. The average molecular weight is 400 g/mol. The first-order valence-electron chi connectivity index (χ1n) is 9.31. The quantitative estimate of drug-likeness (QED) is 0.412. The van der Waals surface area contributed by atoms with Gasteiger partial charge in [0.15, 0.2) is 11.5 Å². The fourth-order valence-electron chi connectivity index (χ4n) is 3.75. The molecule has 2 aliphatic heterocycles. The number of aromatic nitrogens is 1. The van der Waals surface area contributed by atoms with Crippen LogP contribution in [0, 0.1) is 0 Å².